The summed E-state index contributed by atoms with van der Waals surface area (Å²) in [6.45, 7) is -0.572. The molecule has 0 spiro atoms. The topological polar surface area (TPSA) is 167 Å². The van der Waals surface area contributed by atoms with Crippen molar-refractivity contribution >= 4 is 63.8 Å². The van der Waals surface area contributed by atoms with Crippen molar-refractivity contribution < 1.29 is 38.3 Å². The number of pyridine rings is 1. The van der Waals surface area contributed by atoms with Crippen LogP contribution in [-0.2, 0) is 14.3 Å². The van der Waals surface area contributed by atoms with Crippen LogP contribution in [-0.4, -0.2) is 58.6 Å². The van der Waals surface area contributed by atoms with Crippen LogP contribution in [0.4, 0.5) is 16.2 Å². The number of rotatable bonds is 9. The Morgan fingerprint density at radius 3 is 2.63 bits per heavy atom. The molecular weight excluding hydrogens is 580 g/mol. The van der Waals surface area contributed by atoms with Gasteiger partial charge in [0.1, 0.15) is 6.54 Å². The summed E-state index contributed by atoms with van der Waals surface area (Å²) in [5, 5.41) is 13.2. The molecule has 4 rings (SSSR count). The third-order valence-electron chi connectivity index (χ3n) is 5.47. The van der Waals surface area contributed by atoms with Crippen LogP contribution in [0.2, 0.25) is 5.02 Å². The van der Waals surface area contributed by atoms with Gasteiger partial charge in [-0.1, -0.05) is 17.7 Å². The van der Waals surface area contributed by atoms with Gasteiger partial charge in [-0.2, -0.15) is 0 Å². The van der Waals surface area contributed by atoms with Crippen molar-refractivity contribution in [3.63, 3.8) is 0 Å². The fourth-order valence-electron chi connectivity index (χ4n) is 3.56. The number of hydrogen-bond acceptors (Lipinski definition) is 11. The van der Waals surface area contributed by atoms with Gasteiger partial charge in [-0.05, 0) is 59.8 Å². The van der Waals surface area contributed by atoms with Gasteiger partial charge in [-0.25, -0.2) is 9.78 Å². The zero-order chi connectivity index (χ0) is 29.7. The zero-order valence-corrected chi connectivity index (χ0v) is 22.9. The minimum atomic E-state index is -0.698. The molecule has 1 aliphatic rings. The highest BCUT2D eigenvalue weighted by Crippen LogP contribution is 2.37. The highest BCUT2D eigenvalue weighted by atomic mass is 35.5. The number of benzene rings is 2. The third kappa shape index (κ3) is 6.62. The van der Waals surface area contributed by atoms with E-state index >= 15 is 0 Å². The third-order valence-corrected chi connectivity index (χ3v) is 6.71. The molecule has 1 aromatic heterocycles. The molecule has 3 amide bonds. The summed E-state index contributed by atoms with van der Waals surface area (Å²) < 4.78 is 15.6. The fraction of sp³-hybridized carbons (Fsp3) is 0.115. The van der Waals surface area contributed by atoms with Crippen LogP contribution in [0, 0.1) is 10.1 Å². The second-order valence-corrected chi connectivity index (χ2v) is 9.50. The number of carbonyl (C=O) groups is 4. The van der Waals surface area contributed by atoms with Gasteiger partial charge in [0.2, 0.25) is 5.91 Å². The summed E-state index contributed by atoms with van der Waals surface area (Å²) in [6, 6.07) is 11.3. The van der Waals surface area contributed by atoms with Crippen LogP contribution in [0.5, 0.6) is 17.4 Å². The van der Waals surface area contributed by atoms with E-state index in [9.17, 15) is 29.3 Å². The number of amides is 3. The Bertz CT molecular complexity index is 1610. The number of methoxy groups -OCH3 is 2. The molecular formula is C26H19ClN4O9S. The minimum Gasteiger partial charge on any atom is -0.493 e. The van der Waals surface area contributed by atoms with Crippen molar-refractivity contribution in [1.29, 1.82) is 0 Å². The lowest BCUT2D eigenvalue weighted by molar-refractivity contribution is -0.386. The number of anilines is 1. The van der Waals surface area contributed by atoms with E-state index in [4.69, 9.17) is 21.1 Å². The SMILES string of the molecule is COC(=O)c1cc(NC(=O)CN2C(=O)S/C(=C\c3ccc(Oc4ncccc4[N+](=O)[O-])c(OC)c3)C2=O)ccc1Cl. The first kappa shape index (κ1) is 29.0. The van der Waals surface area contributed by atoms with E-state index in [1.807, 2.05) is 0 Å². The maximum atomic E-state index is 12.9. The van der Waals surface area contributed by atoms with E-state index in [1.165, 1.54) is 69.0 Å². The van der Waals surface area contributed by atoms with Crippen molar-refractivity contribution in [3.05, 3.63) is 85.9 Å². The lowest BCUT2D eigenvalue weighted by Gasteiger charge is -2.13. The Kier molecular flexibility index (Phi) is 8.84. The van der Waals surface area contributed by atoms with Crippen LogP contribution in [0.15, 0.2) is 59.6 Å². The van der Waals surface area contributed by atoms with Crippen molar-refractivity contribution in [2.75, 3.05) is 26.1 Å². The van der Waals surface area contributed by atoms with E-state index in [-0.39, 0.29) is 44.2 Å². The second-order valence-electron chi connectivity index (χ2n) is 8.10. The lowest BCUT2D eigenvalue weighted by atomic mass is 10.2. The molecule has 41 heavy (non-hydrogen) atoms. The number of carbonyl (C=O) groups excluding carboxylic acids is 4. The number of esters is 1. The van der Waals surface area contributed by atoms with Crippen LogP contribution >= 0.6 is 23.4 Å². The first-order valence-corrected chi connectivity index (χ1v) is 12.7. The first-order valence-electron chi connectivity index (χ1n) is 11.5. The smallest absolute Gasteiger partial charge is 0.339 e. The molecule has 0 aliphatic carbocycles. The van der Waals surface area contributed by atoms with Crippen molar-refractivity contribution in [2.24, 2.45) is 0 Å². The molecule has 13 nitrogen and oxygen atoms in total. The molecule has 1 fully saturated rings. The van der Waals surface area contributed by atoms with E-state index in [2.05, 4.69) is 15.0 Å². The normalized spacial score (nSPS) is 13.7. The van der Waals surface area contributed by atoms with Crippen LogP contribution in [0.3, 0.4) is 0 Å². The highest BCUT2D eigenvalue weighted by molar-refractivity contribution is 8.18. The van der Waals surface area contributed by atoms with E-state index in [0.717, 1.165) is 4.90 Å². The number of nitrogens with zero attached hydrogens (tertiary/aromatic N) is 3. The molecule has 0 bridgehead atoms. The molecule has 210 valence electrons. The molecule has 3 aromatic rings. The molecule has 15 heteroatoms. The Labute approximate surface area is 241 Å². The van der Waals surface area contributed by atoms with Gasteiger partial charge in [-0.3, -0.25) is 29.4 Å². The van der Waals surface area contributed by atoms with Crippen molar-refractivity contribution in [1.82, 2.24) is 9.88 Å². The van der Waals surface area contributed by atoms with E-state index < -0.39 is 34.5 Å². The number of nitrogens with one attached hydrogen (secondary N) is 1. The van der Waals surface area contributed by atoms with Gasteiger partial charge in [0.25, 0.3) is 17.0 Å². The van der Waals surface area contributed by atoms with Crippen molar-refractivity contribution in [2.45, 2.75) is 0 Å². The summed E-state index contributed by atoms with van der Waals surface area (Å²) in [5.74, 6) is -1.98. The largest absolute Gasteiger partial charge is 0.493 e. The second kappa shape index (κ2) is 12.5. The number of nitro groups is 1. The monoisotopic (exact) mass is 598 g/mol. The first-order chi connectivity index (χ1) is 19.6. The Morgan fingerprint density at radius 1 is 1.15 bits per heavy atom. The predicted molar refractivity (Wildman–Crippen MR) is 148 cm³/mol. The molecule has 2 heterocycles. The minimum absolute atomic E-state index is 0.0335. The molecule has 1 N–H and O–H groups in total. The summed E-state index contributed by atoms with van der Waals surface area (Å²) in [5.41, 5.74) is 0.367. The quantitative estimate of drug-likeness (QED) is 0.154. The lowest BCUT2D eigenvalue weighted by Crippen LogP contribution is -2.36. The summed E-state index contributed by atoms with van der Waals surface area (Å²) in [7, 11) is 2.55. The van der Waals surface area contributed by atoms with Gasteiger partial charge in [0.15, 0.2) is 11.5 Å². The van der Waals surface area contributed by atoms with Crippen molar-refractivity contribution in [3.8, 4) is 17.4 Å². The van der Waals surface area contributed by atoms with Crippen LogP contribution in [0.1, 0.15) is 15.9 Å². The van der Waals surface area contributed by atoms with E-state index in [1.54, 1.807) is 6.07 Å². The molecule has 1 aliphatic heterocycles. The average Bonchev–Trinajstić information content (AvgIpc) is 3.21. The summed E-state index contributed by atoms with van der Waals surface area (Å²) in [4.78, 5) is 65.2. The number of halogens is 1. The Hall–Kier alpha value is -4.95. The molecule has 1 saturated heterocycles. The number of ether oxygens (including phenoxy) is 3. The molecule has 0 radical (unpaired) electrons. The average molecular weight is 599 g/mol. The maximum absolute atomic E-state index is 12.9. The molecule has 2 aromatic carbocycles. The van der Waals surface area contributed by atoms with Gasteiger partial charge < -0.3 is 19.5 Å². The highest BCUT2D eigenvalue weighted by Gasteiger charge is 2.36. The zero-order valence-electron chi connectivity index (χ0n) is 21.3. The standard InChI is InChI=1S/C26H19ClN4O9S/c1-38-20-10-14(5-8-19(20)40-23-18(31(36)37)4-3-9-28-23)11-21-24(33)30(26(35)41-21)13-22(32)29-15-6-7-17(27)16(12-15)25(34)39-2/h3-12H,13H2,1-2H3,(H,29,32)/b21-11-. The number of imide groups is 1. The van der Waals surface area contributed by atoms with Crippen LogP contribution in [0.25, 0.3) is 6.08 Å². The number of aromatic nitrogens is 1. The maximum Gasteiger partial charge on any atom is 0.339 e. The van der Waals surface area contributed by atoms with Gasteiger partial charge >= 0.3 is 11.7 Å². The van der Waals surface area contributed by atoms with Gasteiger partial charge in [0.05, 0.1) is 34.6 Å². The molecule has 0 atom stereocenters. The number of hydrogen-bond donors (Lipinski definition) is 1. The van der Waals surface area contributed by atoms with E-state index in [0.29, 0.717) is 17.3 Å². The molecule has 0 saturated carbocycles. The number of thioether (sulfide) groups is 1. The van der Waals surface area contributed by atoms with Gasteiger partial charge in [-0.15, -0.1) is 0 Å². The fourth-order valence-corrected chi connectivity index (χ4v) is 4.60. The Morgan fingerprint density at radius 2 is 1.93 bits per heavy atom. The Balaban J connectivity index is 1.47. The molecule has 0 unspecified atom stereocenters. The summed E-state index contributed by atoms with van der Waals surface area (Å²) in [6.07, 6.45) is 2.77. The van der Waals surface area contributed by atoms with Gasteiger partial charge in [0, 0.05) is 18.0 Å². The predicted octanol–water partition coefficient (Wildman–Crippen LogP) is 4.91. The van der Waals surface area contributed by atoms with Crippen LogP contribution < -0.4 is 14.8 Å². The summed E-state index contributed by atoms with van der Waals surface area (Å²) >= 11 is 6.63.